The molecule has 0 aromatic heterocycles. The molecule has 0 bridgehead atoms. The average Bonchev–Trinajstić information content (AvgIpc) is 2.25. The smallest absolute Gasteiger partial charge is 0.226 e. The van der Waals surface area contributed by atoms with Gasteiger partial charge in [-0.05, 0) is 26.0 Å². The normalized spacial score (nSPS) is 11.1. The summed E-state index contributed by atoms with van der Waals surface area (Å²) in [4.78, 5) is 12.9. The molecule has 3 N–H and O–H groups in total. The molecule has 4 heteroatoms. The molecular formula is C14H20N2OS. The van der Waals surface area contributed by atoms with Crippen molar-refractivity contribution in [3.05, 3.63) is 36.9 Å². The molecule has 0 heterocycles. The number of thioether (sulfide) groups is 1. The van der Waals surface area contributed by atoms with Crippen molar-refractivity contribution in [2.45, 2.75) is 30.7 Å². The molecule has 0 atom stereocenters. The van der Waals surface area contributed by atoms with Gasteiger partial charge in [0.25, 0.3) is 0 Å². The first kappa shape index (κ1) is 14.8. The van der Waals surface area contributed by atoms with Crippen LogP contribution >= 0.6 is 11.8 Å². The summed E-state index contributed by atoms with van der Waals surface area (Å²) in [5.74, 6) is 0.754. The molecule has 98 valence electrons. The highest BCUT2D eigenvalue weighted by atomic mass is 32.2. The minimum absolute atomic E-state index is 0.0610. The predicted octanol–water partition coefficient (Wildman–Crippen LogP) is 3.03. The molecule has 0 aliphatic heterocycles. The monoisotopic (exact) mass is 264 g/mol. The molecule has 0 unspecified atom stereocenters. The van der Waals surface area contributed by atoms with Crippen LogP contribution in [0, 0.1) is 0 Å². The van der Waals surface area contributed by atoms with Crippen LogP contribution in [-0.2, 0) is 4.79 Å². The number of nitrogens with one attached hydrogen (secondary N) is 1. The van der Waals surface area contributed by atoms with Crippen LogP contribution in [0.2, 0.25) is 0 Å². The molecule has 1 aromatic rings. The molecule has 0 fully saturated rings. The first-order valence-corrected chi connectivity index (χ1v) is 6.82. The van der Waals surface area contributed by atoms with Gasteiger partial charge >= 0.3 is 0 Å². The second-order valence-electron chi connectivity index (χ2n) is 4.81. The Hall–Kier alpha value is -1.26. The number of hydrogen-bond donors (Lipinski definition) is 2. The third-order valence-corrected chi connectivity index (χ3v) is 3.20. The number of carbonyl (C=O) groups is 1. The van der Waals surface area contributed by atoms with Crippen LogP contribution in [0.4, 0.5) is 5.69 Å². The fourth-order valence-corrected chi connectivity index (χ4v) is 2.20. The Kier molecular flexibility index (Phi) is 5.44. The Morgan fingerprint density at radius 3 is 2.78 bits per heavy atom. The van der Waals surface area contributed by atoms with Gasteiger partial charge < -0.3 is 11.1 Å². The van der Waals surface area contributed by atoms with Gasteiger partial charge in [0.05, 0.1) is 5.69 Å². The van der Waals surface area contributed by atoms with E-state index in [0.717, 1.165) is 16.3 Å². The number of carbonyl (C=O) groups excluding carboxylic acids is 1. The summed E-state index contributed by atoms with van der Waals surface area (Å²) in [6.07, 6.45) is 2.14. The van der Waals surface area contributed by atoms with E-state index < -0.39 is 5.54 Å². The summed E-state index contributed by atoms with van der Waals surface area (Å²) in [6, 6.07) is 7.74. The van der Waals surface area contributed by atoms with E-state index in [1.807, 2.05) is 44.2 Å². The maximum atomic E-state index is 11.8. The van der Waals surface area contributed by atoms with E-state index in [1.165, 1.54) is 0 Å². The second-order valence-corrected chi connectivity index (χ2v) is 5.87. The molecule has 0 aliphatic carbocycles. The summed E-state index contributed by atoms with van der Waals surface area (Å²) in [7, 11) is 0. The van der Waals surface area contributed by atoms with Gasteiger partial charge in [0.1, 0.15) is 0 Å². The van der Waals surface area contributed by atoms with Gasteiger partial charge in [-0.3, -0.25) is 4.79 Å². The highest BCUT2D eigenvalue weighted by Crippen LogP contribution is 2.27. The molecule has 0 saturated heterocycles. The Morgan fingerprint density at radius 1 is 1.50 bits per heavy atom. The Labute approximate surface area is 113 Å². The lowest BCUT2D eigenvalue weighted by Crippen LogP contribution is -2.36. The maximum absolute atomic E-state index is 11.8. The van der Waals surface area contributed by atoms with Gasteiger partial charge in [-0.2, -0.15) is 0 Å². The van der Waals surface area contributed by atoms with Gasteiger partial charge in [-0.15, -0.1) is 18.3 Å². The summed E-state index contributed by atoms with van der Waals surface area (Å²) in [6.45, 7) is 7.37. The van der Waals surface area contributed by atoms with Gasteiger partial charge in [-0.25, -0.2) is 0 Å². The van der Waals surface area contributed by atoms with Crippen molar-refractivity contribution in [3.63, 3.8) is 0 Å². The van der Waals surface area contributed by atoms with E-state index in [9.17, 15) is 4.79 Å². The van der Waals surface area contributed by atoms with Crippen molar-refractivity contribution >= 4 is 23.4 Å². The number of anilines is 1. The highest BCUT2D eigenvalue weighted by Gasteiger charge is 2.17. The van der Waals surface area contributed by atoms with Gasteiger partial charge in [-0.1, -0.05) is 18.2 Å². The molecule has 1 rings (SSSR count). The van der Waals surface area contributed by atoms with E-state index in [4.69, 9.17) is 5.73 Å². The van der Waals surface area contributed by atoms with E-state index in [1.54, 1.807) is 11.8 Å². The number of para-hydroxylation sites is 1. The lowest BCUT2D eigenvalue weighted by Gasteiger charge is -2.18. The van der Waals surface area contributed by atoms with Crippen LogP contribution in [-0.4, -0.2) is 17.2 Å². The Balaban J connectivity index is 2.71. The fourth-order valence-electron chi connectivity index (χ4n) is 1.45. The molecule has 0 aliphatic rings. The minimum atomic E-state index is -0.493. The zero-order valence-electron chi connectivity index (χ0n) is 10.9. The summed E-state index contributed by atoms with van der Waals surface area (Å²) >= 11 is 1.64. The van der Waals surface area contributed by atoms with Crippen LogP contribution in [0.1, 0.15) is 20.3 Å². The minimum Gasteiger partial charge on any atom is -0.325 e. The van der Waals surface area contributed by atoms with E-state index in [2.05, 4.69) is 11.9 Å². The predicted molar refractivity (Wildman–Crippen MR) is 78.9 cm³/mol. The largest absolute Gasteiger partial charge is 0.325 e. The molecule has 18 heavy (non-hydrogen) atoms. The van der Waals surface area contributed by atoms with Crippen molar-refractivity contribution in [2.24, 2.45) is 5.73 Å². The zero-order valence-corrected chi connectivity index (χ0v) is 11.7. The van der Waals surface area contributed by atoms with E-state index in [-0.39, 0.29) is 5.91 Å². The number of benzene rings is 1. The van der Waals surface area contributed by atoms with Crippen molar-refractivity contribution in [3.8, 4) is 0 Å². The summed E-state index contributed by atoms with van der Waals surface area (Å²) in [5.41, 5.74) is 6.17. The van der Waals surface area contributed by atoms with E-state index >= 15 is 0 Å². The number of nitrogens with two attached hydrogens (primary N) is 1. The number of hydrogen-bond acceptors (Lipinski definition) is 3. The molecule has 0 saturated carbocycles. The van der Waals surface area contributed by atoms with Crippen LogP contribution in [0.5, 0.6) is 0 Å². The van der Waals surface area contributed by atoms with Crippen molar-refractivity contribution in [1.29, 1.82) is 0 Å². The van der Waals surface area contributed by atoms with Crippen LogP contribution in [0.3, 0.4) is 0 Å². The third kappa shape index (κ3) is 5.38. The van der Waals surface area contributed by atoms with Gasteiger partial charge in [0, 0.05) is 22.6 Å². The van der Waals surface area contributed by atoms with Crippen molar-refractivity contribution in [2.75, 3.05) is 11.1 Å². The van der Waals surface area contributed by atoms with Crippen LogP contribution < -0.4 is 11.1 Å². The SMILES string of the molecule is C=CCSc1ccccc1NC(=O)CC(C)(C)N. The van der Waals surface area contributed by atoms with Gasteiger partial charge in [0.15, 0.2) is 0 Å². The molecule has 0 spiro atoms. The standard InChI is InChI=1S/C14H20N2OS/c1-4-9-18-12-8-6-5-7-11(12)16-13(17)10-14(2,3)15/h4-8H,1,9-10,15H2,2-3H3,(H,16,17). The second kappa shape index (κ2) is 6.61. The van der Waals surface area contributed by atoms with Crippen LogP contribution in [0.25, 0.3) is 0 Å². The highest BCUT2D eigenvalue weighted by molar-refractivity contribution is 7.99. The fraction of sp³-hybridized carbons (Fsp3) is 0.357. The van der Waals surface area contributed by atoms with Crippen LogP contribution in [0.15, 0.2) is 41.8 Å². The Morgan fingerprint density at radius 2 is 2.17 bits per heavy atom. The first-order chi connectivity index (χ1) is 8.42. The number of amides is 1. The summed E-state index contributed by atoms with van der Waals surface area (Å²) < 4.78 is 0. The molecular weight excluding hydrogens is 244 g/mol. The maximum Gasteiger partial charge on any atom is 0.226 e. The molecule has 1 amide bonds. The average molecular weight is 264 g/mol. The molecule has 1 aromatic carbocycles. The quantitative estimate of drug-likeness (QED) is 0.613. The summed E-state index contributed by atoms with van der Waals surface area (Å²) in [5, 5.41) is 2.90. The molecule has 0 radical (unpaired) electrons. The van der Waals surface area contributed by atoms with Crippen molar-refractivity contribution < 1.29 is 4.79 Å². The zero-order chi connectivity index (χ0) is 13.6. The number of rotatable bonds is 6. The lowest BCUT2D eigenvalue weighted by molar-refractivity contribution is -0.117. The van der Waals surface area contributed by atoms with Gasteiger partial charge in [0.2, 0.25) is 5.91 Å². The molecule has 3 nitrogen and oxygen atoms in total. The van der Waals surface area contributed by atoms with E-state index in [0.29, 0.717) is 6.42 Å². The third-order valence-electron chi connectivity index (χ3n) is 2.13. The van der Waals surface area contributed by atoms with Crippen molar-refractivity contribution in [1.82, 2.24) is 0 Å². The first-order valence-electron chi connectivity index (χ1n) is 5.84. The topological polar surface area (TPSA) is 55.1 Å². The Bertz CT molecular complexity index is 424. The lowest BCUT2D eigenvalue weighted by atomic mass is 10.0.